The predicted octanol–water partition coefficient (Wildman–Crippen LogP) is 5.37. The van der Waals surface area contributed by atoms with E-state index >= 15 is 0 Å². The van der Waals surface area contributed by atoms with Crippen molar-refractivity contribution in [1.29, 1.82) is 0 Å². The topological polar surface area (TPSA) is 91.0 Å². The molecule has 0 bridgehead atoms. The third-order valence-corrected chi connectivity index (χ3v) is 6.61. The molecule has 5 rings (SSSR count). The number of H-pyrrole nitrogens is 1. The summed E-state index contributed by atoms with van der Waals surface area (Å²) in [4.78, 5) is 18.4. The molecule has 1 aliphatic heterocycles. The Balaban J connectivity index is 1.52. The van der Waals surface area contributed by atoms with Crippen LogP contribution in [0.2, 0.25) is 0 Å². The maximum atomic E-state index is 13.4. The number of aromatic nitrogens is 1. The molecule has 0 spiro atoms. The number of hydrogen-bond acceptors (Lipinski definition) is 7. The lowest BCUT2D eigenvalue weighted by atomic mass is 10.2. The molecule has 1 amide bonds. The molecule has 0 radical (unpaired) electrons. The van der Waals surface area contributed by atoms with Crippen LogP contribution in [-0.4, -0.2) is 45.4 Å². The predicted molar refractivity (Wildman–Crippen MR) is 134 cm³/mol. The van der Waals surface area contributed by atoms with E-state index in [-0.39, 0.29) is 5.91 Å². The Morgan fingerprint density at radius 3 is 2.31 bits per heavy atom. The lowest BCUT2D eigenvalue weighted by molar-refractivity contribution is 0.102. The highest BCUT2D eigenvalue weighted by Crippen LogP contribution is 2.44. The lowest BCUT2D eigenvalue weighted by Gasteiger charge is -2.21. The van der Waals surface area contributed by atoms with E-state index in [4.69, 9.17) is 23.7 Å². The summed E-state index contributed by atoms with van der Waals surface area (Å²) in [6.07, 6.45) is 0. The van der Waals surface area contributed by atoms with Gasteiger partial charge in [-0.2, -0.15) is 0 Å². The van der Waals surface area contributed by atoms with E-state index in [1.54, 1.807) is 39.5 Å². The van der Waals surface area contributed by atoms with Crippen LogP contribution in [0.15, 0.2) is 64.4 Å². The fourth-order valence-electron chi connectivity index (χ4n) is 3.92. The van der Waals surface area contributed by atoms with Crippen molar-refractivity contribution >= 4 is 34.3 Å². The van der Waals surface area contributed by atoms with Gasteiger partial charge in [0.2, 0.25) is 0 Å². The molecule has 2 N–H and O–H groups in total. The number of ether oxygens (including phenoxy) is 5. The Hall–Kier alpha value is -3.98. The summed E-state index contributed by atoms with van der Waals surface area (Å²) in [6, 6.07) is 17.1. The van der Waals surface area contributed by atoms with Crippen molar-refractivity contribution in [2.75, 3.05) is 39.9 Å². The molecule has 3 aromatic carbocycles. The fourth-order valence-corrected chi connectivity index (χ4v) is 4.85. The van der Waals surface area contributed by atoms with Gasteiger partial charge in [0, 0.05) is 33.4 Å². The molecule has 0 fully saturated rings. The standard InChI is InChI=1S/C26H24N2O6S/c1-30-19-13-22(31-2)25(32-3)24-16(19)11-18(27-24)26(29)28-17-12-20-21(34-10-9-33-20)14-23(17)35-15-7-5-4-6-8-15/h4-8,11-14,27H,9-10H2,1-3H3,(H,28,29). The highest BCUT2D eigenvalue weighted by Gasteiger charge is 2.22. The number of carbonyl (C=O) groups is 1. The van der Waals surface area contributed by atoms with Crippen LogP contribution in [0, 0.1) is 0 Å². The van der Waals surface area contributed by atoms with Crippen molar-refractivity contribution in [3.63, 3.8) is 0 Å². The Kier molecular flexibility index (Phi) is 6.33. The second kappa shape index (κ2) is 9.71. The van der Waals surface area contributed by atoms with Crippen LogP contribution >= 0.6 is 11.8 Å². The number of hydrogen-bond donors (Lipinski definition) is 2. The van der Waals surface area contributed by atoms with Crippen molar-refractivity contribution in [2.45, 2.75) is 9.79 Å². The highest BCUT2D eigenvalue weighted by molar-refractivity contribution is 7.99. The van der Waals surface area contributed by atoms with Gasteiger partial charge in [0.25, 0.3) is 5.91 Å². The summed E-state index contributed by atoms with van der Waals surface area (Å²) in [7, 11) is 4.66. The molecular formula is C26H24N2O6S. The zero-order chi connectivity index (χ0) is 24.4. The molecule has 0 saturated carbocycles. The number of rotatable bonds is 7. The second-order valence-corrected chi connectivity index (χ2v) is 8.76. The second-order valence-electron chi connectivity index (χ2n) is 7.65. The Bertz CT molecular complexity index is 1390. The molecule has 1 aromatic heterocycles. The Morgan fingerprint density at radius 2 is 1.63 bits per heavy atom. The molecular weight excluding hydrogens is 468 g/mol. The van der Waals surface area contributed by atoms with E-state index < -0.39 is 0 Å². The number of anilines is 1. The molecule has 8 nitrogen and oxygen atoms in total. The number of carbonyl (C=O) groups excluding carboxylic acids is 1. The summed E-state index contributed by atoms with van der Waals surface area (Å²) >= 11 is 1.53. The van der Waals surface area contributed by atoms with E-state index in [2.05, 4.69) is 10.3 Å². The number of methoxy groups -OCH3 is 3. The molecule has 2 heterocycles. The lowest BCUT2D eigenvalue weighted by Crippen LogP contribution is -2.17. The van der Waals surface area contributed by atoms with Crippen LogP contribution in [0.3, 0.4) is 0 Å². The van der Waals surface area contributed by atoms with Crippen LogP contribution in [0.1, 0.15) is 10.5 Å². The van der Waals surface area contributed by atoms with Crippen LogP contribution in [0.25, 0.3) is 10.9 Å². The third-order valence-electron chi connectivity index (χ3n) is 5.55. The van der Waals surface area contributed by atoms with Crippen molar-refractivity contribution in [1.82, 2.24) is 4.98 Å². The number of fused-ring (bicyclic) bond motifs is 2. The first-order valence-corrected chi connectivity index (χ1v) is 11.7. The molecule has 180 valence electrons. The molecule has 0 atom stereocenters. The summed E-state index contributed by atoms with van der Waals surface area (Å²) in [5.74, 6) is 2.47. The average Bonchev–Trinajstić information content (AvgIpc) is 3.34. The zero-order valence-corrected chi connectivity index (χ0v) is 20.3. The van der Waals surface area contributed by atoms with Gasteiger partial charge in [-0.3, -0.25) is 4.79 Å². The normalized spacial score (nSPS) is 12.3. The first-order valence-electron chi connectivity index (χ1n) is 10.9. The summed E-state index contributed by atoms with van der Waals surface area (Å²) in [6.45, 7) is 0.936. The van der Waals surface area contributed by atoms with Crippen molar-refractivity contribution in [3.8, 4) is 28.7 Å². The van der Waals surface area contributed by atoms with Crippen LogP contribution in [0.5, 0.6) is 28.7 Å². The molecule has 9 heteroatoms. The minimum atomic E-state index is -0.323. The van der Waals surface area contributed by atoms with Gasteiger partial charge >= 0.3 is 0 Å². The molecule has 4 aromatic rings. The van der Waals surface area contributed by atoms with Gasteiger partial charge in [0.1, 0.15) is 24.7 Å². The quantitative estimate of drug-likeness (QED) is 0.358. The average molecular weight is 493 g/mol. The van der Waals surface area contributed by atoms with E-state index in [1.165, 1.54) is 11.8 Å². The van der Waals surface area contributed by atoms with Gasteiger partial charge in [-0.1, -0.05) is 30.0 Å². The van der Waals surface area contributed by atoms with Gasteiger partial charge in [-0.05, 0) is 18.2 Å². The molecule has 1 aliphatic rings. The number of nitrogens with one attached hydrogen (secondary N) is 2. The summed E-state index contributed by atoms with van der Waals surface area (Å²) in [5.41, 5.74) is 1.56. The SMILES string of the molecule is COc1cc(OC)c2cc(C(=O)Nc3cc4c(cc3Sc3ccccc3)OCCO4)[nH]c2c1OC. The summed E-state index contributed by atoms with van der Waals surface area (Å²) < 4.78 is 28.0. The third kappa shape index (κ3) is 4.42. The monoisotopic (exact) mass is 492 g/mol. The van der Waals surface area contributed by atoms with Crippen molar-refractivity contribution < 1.29 is 28.5 Å². The van der Waals surface area contributed by atoms with Crippen LogP contribution < -0.4 is 29.0 Å². The minimum absolute atomic E-state index is 0.323. The number of aromatic amines is 1. The van der Waals surface area contributed by atoms with Gasteiger partial charge < -0.3 is 34.0 Å². The van der Waals surface area contributed by atoms with E-state index in [0.717, 1.165) is 9.79 Å². The van der Waals surface area contributed by atoms with Gasteiger partial charge in [0.05, 0.1) is 32.5 Å². The zero-order valence-electron chi connectivity index (χ0n) is 19.5. The molecule has 0 saturated heterocycles. The van der Waals surface area contributed by atoms with Crippen LogP contribution in [-0.2, 0) is 0 Å². The van der Waals surface area contributed by atoms with Crippen LogP contribution in [0.4, 0.5) is 5.69 Å². The molecule has 35 heavy (non-hydrogen) atoms. The van der Waals surface area contributed by atoms with E-state index in [0.29, 0.717) is 64.2 Å². The largest absolute Gasteiger partial charge is 0.496 e. The minimum Gasteiger partial charge on any atom is -0.496 e. The Morgan fingerprint density at radius 1 is 0.914 bits per heavy atom. The van der Waals surface area contributed by atoms with Gasteiger partial charge in [-0.25, -0.2) is 0 Å². The van der Waals surface area contributed by atoms with Gasteiger partial charge in [0.15, 0.2) is 23.0 Å². The maximum absolute atomic E-state index is 13.4. The highest BCUT2D eigenvalue weighted by atomic mass is 32.2. The molecule has 0 unspecified atom stereocenters. The first-order chi connectivity index (χ1) is 17.1. The Labute approximate surface area is 206 Å². The maximum Gasteiger partial charge on any atom is 0.272 e. The fraction of sp³-hybridized carbons (Fsp3) is 0.192. The smallest absolute Gasteiger partial charge is 0.272 e. The van der Waals surface area contributed by atoms with Crippen molar-refractivity contribution in [3.05, 3.63) is 60.3 Å². The summed E-state index contributed by atoms with van der Waals surface area (Å²) in [5, 5.41) is 3.73. The molecule has 0 aliphatic carbocycles. The first kappa shape index (κ1) is 22.8. The van der Waals surface area contributed by atoms with Crippen molar-refractivity contribution in [2.24, 2.45) is 0 Å². The number of amides is 1. The van der Waals surface area contributed by atoms with E-state index in [9.17, 15) is 4.79 Å². The van der Waals surface area contributed by atoms with E-state index in [1.807, 2.05) is 36.4 Å². The van der Waals surface area contributed by atoms with Gasteiger partial charge in [-0.15, -0.1) is 0 Å². The number of benzene rings is 3.